The molecule has 2 N–H and O–H groups in total. The fourth-order valence-corrected chi connectivity index (χ4v) is 4.59. The predicted octanol–water partition coefficient (Wildman–Crippen LogP) is 8.05. The molecule has 156 valence electrons. The monoisotopic (exact) mass is 454 g/mol. The number of hydrogen-bond donors (Lipinski definition) is 1. The summed E-state index contributed by atoms with van der Waals surface area (Å²) in [6.07, 6.45) is 0.642. The van der Waals surface area contributed by atoms with Crippen LogP contribution in [0.2, 0.25) is 10.0 Å². The Kier molecular flexibility index (Phi) is 5.57. The summed E-state index contributed by atoms with van der Waals surface area (Å²) < 4.78 is 0. The molecule has 0 unspecified atom stereocenters. The van der Waals surface area contributed by atoms with Gasteiger partial charge in [0.1, 0.15) is 0 Å². The first kappa shape index (κ1) is 20.6. The van der Waals surface area contributed by atoms with Gasteiger partial charge in [-0.2, -0.15) is 0 Å². The van der Waals surface area contributed by atoms with Crippen molar-refractivity contribution in [2.24, 2.45) is 0 Å². The Morgan fingerprint density at radius 2 is 1.28 bits per heavy atom. The maximum Gasteiger partial charge on any atom is 0.0812 e. The first-order valence-corrected chi connectivity index (χ1v) is 11.1. The van der Waals surface area contributed by atoms with Gasteiger partial charge in [0.25, 0.3) is 0 Å². The molecule has 0 aliphatic rings. The molecule has 0 saturated heterocycles. The number of anilines is 1. The molecule has 0 spiro atoms. The Hall–Kier alpha value is -3.33. The highest BCUT2D eigenvalue weighted by Crippen LogP contribution is 2.43. The molecule has 0 saturated carbocycles. The Labute approximate surface area is 197 Å². The molecule has 0 amide bonds. The van der Waals surface area contributed by atoms with Crippen LogP contribution in [-0.4, -0.2) is 4.98 Å². The molecule has 0 radical (unpaired) electrons. The molecule has 2 nitrogen and oxygen atoms in total. The van der Waals surface area contributed by atoms with E-state index in [0.29, 0.717) is 17.1 Å². The minimum Gasteiger partial charge on any atom is -0.398 e. The standard InChI is InChI=1S/C28H20Cl2N2/c29-23-13-5-1-9-18(23)17-22-19-10-4-8-16-26(19)32-28(21-12-3-7-15-25(21)31)27(22)20-11-2-6-14-24(20)30/h1-16H,17,31H2. The highest BCUT2D eigenvalue weighted by molar-refractivity contribution is 6.33. The van der Waals surface area contributed by atoms with Crippen LogP contribution in [0.5, 0.6) is 0 Å². The minimum absolute atomic E-state index is 0.642. The second-order valence-corrected chi connectivity index (χ2v) is 8.48. The summed E-state index contributed by atoms with van der Waals surface area (Å²) in [5, 5.41) is 2.47. The molecule has 32 heavy (non-hydrogen) atoms. The van der Waals surface area contributed by atoms with Crippen LogP contribution in [-0.2, 0) is 6.42 Å². The third-order valence-corrected chi connectivity index (χ3v) is 6.38. The third kappa shape index (κ3) is 3.73. The van der Waals surface area contributed by atoms with Crippen LogP contribution < -0.4 is 5.73 Å². The number of benzene rings is 4. The fraction of sp³-hybridized carbons (Fsp3) is 0.0357. The van der Waals surface area contributed by atoms with Crippen LogP contribution in [0.3, 0.4) is 0 Å². The van der Waals surface area contributed by atoms with E-state index in [0.717, 1.165) is 49.4 Å². The summed E-state index contributed by atoms with van der Waals surface area (Å²) in [4.78, 5) is 5.08. The molecule has 5 rings (SSSR count). The van der Waals surface area contributed by atoms with Crippen LogP contribution in [0.4, 0.5) is 5.69 Å². The van der Waals surface area contributed by atoms with Crippen molar-refractivity contribution in [3.8, 4) is 22.4 Å². The van der Waals surface area contributed by atoms with Crippen LogP contribution in [0, 0.1) is 0 Å². The average molecular weight is 455 g/mol. The molecule has 0 bridgehead atoms. The second-order valence-electron chi connectivity index (χ2n) is 7.67. The quantitative estimate of drug-likeness (QED) is 0.279. The highest BCUT2D eigenvalue weighted by Gasteiger charge is 2.21. The Morgan fingerprint density at radius 3 is 2.03 bits per heavy atom. The highest BCUT2D eigenvalue weighted by atomic mass is 35.5. The van der Waals surface area contributed by atoms with Crippen molar-refractivity contribution in [3.05, 3.63) is 118 Å². The predicted molar refractivity (Wildman–Crippen MR) is 136 cm³/mol. The van der Waals surface area contributed by atoms with Gasteiger partial charge in [-0.05, 0) is 35.4 Å². The van der Waals surface area contributed by atoms with Crippen molar-refractivity contribution in [1.29, 1.82) is 0 Å². The summed E-state index contributed by atoms with van der Waals surface area (Å²) >= 11 is 13.3. The van der Waals surface area contributed by atoms with Gasteiger partial charge in [-0.25, -0.2) is 4.98 Å². The van der Waals surface area contributed by atoms with Crippen LogP contribution in [0.25, 0.3) is 33.3 Å². The van der Waals surface area contributed by atoms with Gasteiger partial charge in [0.2, 0.25) is 0 Å². The molecule has 4 heteroatoms. The van der Waals surface area contributed by atoms with Crippen molar-refractivity contribution in [2.75, 3.05) is 5.73 Å². The van der Waals surface area contributed by atoms with Crippen molar-refractivity contribution >= 4 is 39.8 Å². The van der Waals surface area contributed by atoms with E-state index in [1.807, 2.05) is 84.9 Å². The lowest BCUT2D eigenvalue weighted by Gasteiger charge is -2.20. The van der Waals surface area contributed by atoms with Gasteiger partial charge in [0.15, 0.2) is 0 Å². The van der Waals surface area contributed by atoms with Gasteiger partial charge in [0.05, 0.1) is 11.2 Å². The van der Waals surface area contributed by atoms with E-state index in [9.17, 15) is 0 Å². The Bertz CT molecular complexity index is 1440. The molecule has 0 aliphatic heterocycles. The zero-order valence-corrected chi connectivity index (χ0v) is 18.7. The number of nitrogens with two attached hydrogens (primary N) is 1. The van der Waals surface area contributed by atoms with E-state index >= 15 is 0 Å². The third-order valence-electron chi connectivity index (χ3n) is 5.68. The number of halogens is 2. The smallest absolute Gasteiger partial charge is 0.0812 e. The van der Waals surface area contributed by atoms with Crippen molar-refractivity contribution in [1.82, 2.24) is 4.98 Å². The molecule has 0 aliphatic carbocycles. The summed E-state index contributed by atoms with van der Waals surface area (Å²) in [5.41, 5.74) is 13.8. The lowest BCUT2D eigenvalue weighted by molar-refractivity contribution is 1.20. The van der Waals surface area contributed by atoms with E-state index in [2.05, 4.69) is 12.1 Å². The molecule has 4 aromatic carbocycles. The summed E-state index contributed by atoms with van der Waals surface area (Å²) in [7, 11) is 0. The van der Waals surface area contributed by atoms with Gasteiger partial charge < -0.3 is 5.73 Å². The Balaban J connectivity index is 1.92. The molecule has 1 aromatic heterocycles. The van der Waals surface area contributed by atoms with E-state index < -0.39 is 0 Å². The largest absolute Gasteiger partial charge is 0.398 e. The molecular weight excluding hydrogens is 435 g/mol. The fourth-order valence-electron chi connectivity index (χ4n) is 4.16. The van der Waals surface area contributed by atoms with E-state index in [4.69, 9.17) is 33.9 Å². The van der Waals surface area contributed by atoms with E-state index in [-0.39, 0.29) is 0 Å². The van der Waals surface area contributed by atoms with Crippen molar-refractivity contribution in [3.63, 3.8) is 0 Å². The summed E-state index contributed by atoms with van der Waals surface area (Å²) in [5.74, 6) is 0. The number of fused-ring (bicyclic) bond motifs is 1. The van der Waals surface area contributed by atoms with Crippen LogP contribution in [0.15, 0.2) is 97.1 Å². The normalized spacial score (nSPS) is 11.1. The van der Waals surface area contributed by atoms with Crippen LogP contribution >= 0.6 is 23.2 Å². The number of pyridine rings is 1. The number of nitrogen functional groups attached to an aromatic ring is 1. The van der Waals surface area contributed by atoms with Gasteiger partial charge in [-0.3, -0.25) is 0 Å². The minimum atomic E-state index is 0.642. The maximum absolute atomic E-state index is 6.73. The first-order chi connectivity index (χ1) is 15.6. The molecular formula is C28H20Cl2N2. The van der Waals surface area contributed by atoms with E-state index in [1.54, 1.807) is 0 Å². The van der Waals surface area contributed by atoms with Crippen LogP contribution in [0.1, 0.15) is 11.1 Å². The number of para-hydroxylation sites is 2. The number of hydrogen-bond acceptors (Lipinski definition) is 2. The Morgan fingerprint density at radius 1 is 0.656 bits per heavy atom. The molecule has 1 heterocycles. The zero-order valence-electron chi connectivity index (χ0n) is 17.2. The maximum atomic E-state index is 6.73. The number of nitrogens with zero attached hydrogens (tertiary/aromatic N) is 1. The topological polar surface area (TPSA) is 38.9 Å². The first-order valence-electron chi connectivity index (χ1n) is 10.4. The lowest BCUT2D eigenvalue weighted by Crippen LogP contribution is -2.02. The van der Waals surface area contributed by atoms with Gasteiger partial charge >= 0.3 is 0 Å². The van der Waals surface area contributed by atoms with Crippen molar-refractivity contribution in [2.45, 2.75) is 6.42 Å². The van der Waals surface area contributed by atoms with Gasteiger partial charge in [-0.1, -0.05) is 96.0 Å². The molecule has 0 fully saturated rings. The zero-order chi connectivity index (χ0) is 22.1. The van der Waals surface area contributed by atoms with Crippen molar-refractivity contribution < 1.29 is 0 Å². The molecule has 0 atom stereocenters. The number of aromatic nitrogens is 1. The summed E-state index contributed by atoms with van der Waals surface area (Å²) in [6, 6.07) is 31.8. The number of rotatable bonds is 4. The van der Waals surface area contributed by atoms with Gasteiger partial charge in [-0.15, -0.1) is 0 Å². The summed E-state index contributed by atoms with van der Waals surface area (Å²) in [6.45, 7) is 0. The van der Waals surface area contributed by atoms with Gasteiger partial charge in [0, 0.05) is 44.2 Å². The second kappa shape index (κ2) is 8.66. The average Bonchev–Trinajstić information content (AvgIpc) is 2.81. The van der Waals surface area contributed by atoms with E-state index in [1.165, 1.54) is 0 Å². The molecule has 5 aromatic rings. The lowest BCUT2D eigenvalue weighted by atomic mass is 9.88. The SMILES string of the molecule is Nc1ccccc1-c1nc2ccccc2c(Cc2ccccc2Cl)c1-c1ccccc1Cl.